The number of nitrogens with zero attached hydrogens (tertiary/aromatic N) is 10. The highest BCUT2D eigenvalue weighted by Gasteiger charge is 2.28. The number of rotatable bonds is 10. The van der Waals surface area contributed by atoms with E-state index in [0.717, 1.165) is 53.3 Å². The van der Waals surface area contributed by atoms with E-state index in [1.807, 2.05) is 43.2 Å². The molecule has 4 aromatic heterocycles. The van der Waals surface area contributed by atoms with Crippen molar-refractivity contribution in [2.45, 2.75) is 62.9 Å². The largest absolute Gasteiger partial charge is 0.508 e. The summed E-state index contributed by atoms with van der Waals surface area (Å²) in [4.78, 5) is 32.8. The molecule has 0 radical (unpaired) electrons. The van der Waals surface area contributed by atoms with Gasteiger partial charge in [-0.25, -0.2) is 28.4 Å². The van der Waals surface area contributed by atoms with Gasteiger partial charge in [-0.05, 0) is 57.2 Å². The summed E-state index contributed by atoms with van der Waals surface area (Å²) in [7, 11) is -3.59. The summed E-state index contributed by atoms with van der Waals surface area (Å²) in [5.41, 5.74) is 5.21. The van der Waals surface area contributed by atoms with Gasteiger partial charge in [0.25, 0.3) is 0 Å². The summed E-state index contributed by atoms with van der Waals surface area (Å²) in [5.74, 6) is 1.49. The lowest BCUT2D eigenvalue weighted by molar-refractivity contribution is 0.122. The lowest BCUT2D eigenvalue weighted by Gasteiger charge is -2.27. The van der Waals surface area contributed by atoms with Gasteiger partial charge in [0, 0.05) is 55.6 Å². The van der Waals surface area contributed by atoms with Crippen molar-refractivity contribution in [1.29, 1.82) is 0 Å². The molecule has 58 heavy (non-hydrogen) atoms. The summed E-state index contributed by atoms with van der Waals surface area (Å²) >= 11 is 1.61. The van der Waals surface area contributed by atoms with E-state index in [-0.39, 0.29) is 28.7 Å². The van der Waals surface area contributed by atoms with Crippen LogP contribution in [0.2, 0.25) is 0 Å². The first kappa shape index (κ1) is 41.1. The van der Waals surface area contributed by atoms with Gasteiger partial charge in [-0.3, -0.25) is 4.57 Å². The summed E-state index contributed by atoms with van der Waals surface area (Å²) in [6, 6.07) is 14.0. The van der Waals surface area contributed by atoms with Gasteiger partial charge in [-0.15, -0.1) is 0 Å². The van der Waals surface area contributed by atoms with E-state index in [9.17, 15) is 18.6 Å². The number of anilines is 2. The second-order valence-corrected chi connectivity index (χ2v) is 17.1. The van der Waals surface area contributed by atoms with E-state index in [1.54, 1.807) is 46.7 Å². The predicted octanol–water partition coefficient (Wildman–Crippen LogP) is 6.14. The zero-order chi connectivity index (χ0) is 41.1. The summed E-state index contributed by atoms with van der Waals surface area (Å²) < 4.78 is 39.9. The molecule has 6 heterocycles. The molecule has 2 aliphatic heterocycles. The third kappa shape index (κ3) is 8.41. The number of thioether (sulfide) groups is 1. The molecule has 0 saturated carbocycles. The summed E-state index contributed by atoms with van der Waals surface area (Å²) in [6.07, 6.45) is 4.88. The Balaban J connectivity index is 0.000000177. The fourth-order valence-corrected chi connectivity index (χ4v) is 8.50. The van der Waals surface area contributed by atoms with Crippen LogP contribution in [0.25, 0.3) is 44.8 Å². The molecule has 2 aliphatic rings. The minimum Gasteiger partial charge on any atom is -0.508 e. The number of hydrogen-bond donors (Lipinski definition) is 2. The van der Waals surface area contributed by atoms with Crippen molar-refractivity contribution in [1.82, 2.24) is 39.0 Å². The smallest absolute Gasteiger partial charge is 0.229 e. The van der Waals surface area contributed by atoms with E-state index in [4.69, 9.17) is 34.4 Å². The molecule has 0 amide bonds. The molecule has 2 atom stereocenters. The number of fused-ring (bicyclic) bond motifs is 2. The van der Waals surface area contributed by atoms with Crippen LogP contribution < -0.4 is 9.80 Å². The Morgan fingerprint density at radius 1 is 0.690 bits per heavy atom. The van der Waals surface area contributed by atoms with Crippen LogP contribution in [0.15, 0.2) is 58.8 Å². The van der Waals surface area contributed by atoms with Gasteiger partial charge in [-0.1, -0.05) is 49.9 Å². The molecule has 2 fully saturated rings. The average Bonchev–Trinajstić information content (AvgIpc) is 3.83. The Morgan fingerprint density at radius 2 is 1.14 bits per heavy atom. The third-order valence-corrected chi connectivity index (χ3v) is 12.0. The number of hydrogen-bond acceptors (Lipinski definition) is 15. The Bertz CT molecular complexity index is 2520. The minimum absolute atomic E-state index is 0.0262. The number of aromatic nitrogens is 8. The molecular weight excluding hydrogens is 781 g/mol. The molecule has 2 aromatic carbocycles. The maximum Gasteiger partial charge on any atom is 0.229 e. The highest BCUT2D eigenvalue weighted by molar-refractivity contribution is 7.98. The molecule has 0 aliphatic carbocycles. The van der Waals surface area contributed by atoms with Gasteiger partial charge in [0.15, 0.2) is 16.5 Å². The fourth-order valence-electron chi connectivity index (χ4n) is 6.97. The standard InChI is InChI=1S/C20H25N5O4S.C20H25N5O2S/c1-4-13(2)25-18-17(22-20(25)30(3,27)28)16(14-6-5-7-15(26)12-14)21-19(23-18)24-8-10-29-11-9-24;1-4-13(2)25-18-17(22-20(25)28-3)16(14-6-5-7-15(26)12-14)21-19(23-18)24-8-10-27-11-9-24/h5-7,12-13,26H,4,8-11H2,1-3H3;5-7,12-13,26H,4,8-11H2,1-3H3. The van der Waals surface area contributed by atoms with Crippen LogP contribution >= 0.6 is 11.8 Å². The summed E-state index contributed by atoms with van der Waals surface area (Å²) in [5, 5.41) is 20.9. The minimum atomic E-state index is -3.59. The van der Waals surface area contributed by atoms with Gasteiger partial charge in [-0.2, -0.15) is 9.97 Å². The van der Waals surface area contributed by atoms with Crippen molar-refractivity contribution >= 4 is 55.8 Å². The average molecular weight is 831 g/mol. The fraction of sp³-hybridized carbons (Fsp3) is 0.450. The molecule has 2 saturated heterocycles. The van der Waals surface area contributed by atoms with E-state index in [0.29, 0.717) is 80.3 Å². The maximum atomic E-state index is 12.5. The van der Waals surface area contributed by atoms with Crippen LogP contribution in [-0.2, 0) is 19.3 Å². The van der Waals surface area contributed by atoms with Crippen molar-refractivity contribution in [3.8, 4) is 34.0 Å². The van der Waals surface area contributed by atoms with Crippen molar-refractivity contribution < 1.29 is 28.1 Å². The van der Waals surface area contributed by atoms with Crippen LogP contribution in [0.5, 0.6) is 11.5 Å². The highest BCUT2D eigenvalue weighted by atomic mass is 32.2. The Kier molecular flexibility index (Phi) is 12.4. The molecule has 0 spiro atoms. The van der Waals surface area contributed by atoms with Gasteiger partial charge < -0.3 is 34.1 Å². The lowest BCUT2D eigenvalue weighted by Crippen LogP contribution is -2.37. The van der Waals surface area contributed by atoms with Crippen LogP contribution in [0.3, 0.4) is 0 Å². The first-order valence-corrected chi connectivity index (χ1v) is 22.6. The molecule has 18 heteroatoms. The van der Waals surface area contributed by atoms with Crippen LogP contribution in [-0.4, -0.2) is 123 Å². The Morgan fingerprint density at radius 3 is 1.57 bits per heavy atom. The summed E-state index contributed by atoms with van der Waals surface area (Å²) in [6.45, 7) is 13.6. The van der Waals surface area contributed by atoms with Crippen molar-refractivity contribution in [2.24, 2.45) is 0 Å². The third-order valence-electron chi connectivity index (χ3n) is 10.4. The Hall–Kier alpha value is -5.04. The number of benzene rings is 2. The van der Waals surface area contributed by atoms with Gasteiger partial charge in [0.1, 0.15) is 33.9 Å². The molecule has 6 aromatic rings. The number of sulfone groups is 1. The number of phenols is 2. The number of ether oxygens (including phenoxy) is 2. The molecule has 16 nitrogen and oxygen atoms in total. The second-order valence-electron chi connectivity index (χ2n) is 14.4. The molecule has 2 unspecified atom stereocenters. The van der Waals surface area contributed by atoms with Gasteiger partial charge >= 0.3 is 0 Å². The topological polar surface area (TPSA) is 187 Å². The van der Waals surface area contributed by atoms with Crippen molar-refractivity contribution in [2.75, 3.05) is 74.9 Å². The van der Waals surface area contributed by atoms with Crippen molar-refractivity contribution in [3.05, 3.63) is 48.5 Å². The number of phenolic OH excluding ortho intramolecular Hbond substituents is 2. The molecule has 0 bridgehead atoms. The zero-order valence-corrected chi connectivity index (χ0v) is 35.3. The van der Waals surface area contributed by atoms with Crippen molar-refractivity contribution in [3.63, 3.8) is 0 Å². The monoisotopic (exact) mass is 830 g/mol. The van der Waals surface area contributed by atoms with E-state index in [2.05, 4.69) is 28.3 Å². The van der Waals surface area contributed by atoms with E-state index >= 15 is 0 Å². The molecular formula is C40H50N10O6S2. The SMILES string of the molecule is CCC(C)n1c(S(C)(=O)=O)nc2c(-c3cccc(O)c3)nc(N3CCOCC3)nc21.CCC(C)n1c(SC)nc2c(-c3cccc(O)c3)nc(N3CCOCC3)nc21. The predicted molar refractivity (Wildman–Crippen MR) is 226 cm³/mol. The second kappa shape index (κ2) is 17.4. The Labute approximate surface area is 342 Å². The number of imidazole rings is 2. The zero-order valence-electron chi connectivity index (χ0n) is 33.7. The van der Waals surface area contributed by atoms with Gasteiger partial charge in [0.05, 0.1) is 26.4 Å². The van der Waals surface area contributed by atoms with Crippen LogP contribution in [0.4, 0.5) is 11.9 Å². The number of aromatic hydroxyl groups is 2. The van der Waals surface area contributed by atoms with E-state index in [1.165, 1.54) is 0 Å². The van der Waals surface area contributed by atoms with E-state index < -0.39 is 9.84 Å². The normalized spacial score (nSPS) is 16.0. The molecule has 308 valence electrons. The maximum absolute atomic E-state index is 12.5. The molecule has 2 N–H and O–H groups in total. The molecule has 8 rings (SSSR count). The quantitative estimate of drug-likeness (QED) is 0.150. The number of morpholine rings is 2. The first-order chi connectivity index (χ1) is 27.9. The first-order valence-electron chi connectivity index (χ1n) is 19.5. The van der Waals surface area contributed by atoms with Crippen LogP contribution in [0, 0.1) is 0 Å². The van der Waals surface area contributed by atoms with Crippen LogP contribution in [0.1, 0.15) is 52.6 Å². The van der Waals surface area contributed by atoms with Gasteiger partial charge in [0.2, 0.25) is 26.9 Å². The highest BCUT2D eigenvalue weighted by Crippen LogP contribution is 2.36. The lowest BCUT2D eigenvalue weighted by atomic mass is 10.1.